The quantitative estimate of drug-likeness (QED) is 0.615. The van der Waals surface area contributed by atoms with Crippen LogP contribution in [0.2, 0.25) is 0 Å². The monoisotopic (exact) mass is 469 g/mol. The van der Waals surface area contributed by atoms with Crippen molar-refractivity contribution in [2.24, 2.45) is 5.41 Å². The van der Waals surface area contributed by atoms with Gasteiger partial charge in [0, 0.05) is 36.3 Å². The zero-order valence-corrected chi connectivity index (χ0v) is 20.6. The van der Waals surface area contributed by atoms with E-state index in [1.54, 1.807) is 38.5 Å². The number of benzene rings is 2. The van der Waals surface area contributed by atoms with Gasteiger partial charge < -0.3 is 24.8 Å². The summed E-state index contributed by atoms with van der Waals surface area (Å²) in [6, 6.07) is 12.7. The molecule has 1 fully saturated rings. The molecule has 0 spiro atoms. The van der Waals surface area contributed by atoms with Crippen molar-refractivity contribution in [3.05, 3.63) is 53.6 Å². The van der Waals surface area contributed by atoms with Crippen molar-refractivity contribution in [1.82, 2.24) is 10.2 Å². The number of hydrogen-bond donors (Lipinski definition) is 2. The first-order chi connectivity index (χ1) is 16.2. The number of hydrogen-bond acceptors (Lipinski definition) is 6. The highest BCUT2D eigenvalue weighted by atomic mass is 16.5. The van der Waals surface area contributed by atoms with Gasteiger partial charge in [-0.15, -0.1) is 0 Å². The smallest absolute Gasteiger partial charge is 0.251 e. The molecule has 3 rings (SSSR count). The van der Waals surface area contributed by atoms with Crippen LogP contribution in [0.25, 0.3) is 0 Å². The Morgan fingerprint density at radius 1 is 1.03 bits per heavy atom. The average molecular weight is 470 g/mol. The third-order valence-corrected chi connectivity index (χ3v) is 5.80. The van der Waals surface area contributed by atoms with Crippen molar-refractivity contribution in [2.75, 3.05) is 52.4 Å². The lowest BCUT2D eigenvalue weighted by Gasteiger charge is -2.35. The third-order valence-electron chi connectivity index (χ3n) is 5.80. The number of carbonyl (C=O) groups excluding carboxylic acids is 2. The Kier molecular flexibility index (Phi) is 8.52. The molecule has 2 aromatic rings. The van der Waals surface area contributed by atoms with E-state index in [1.807, 2.05) is 39.0 Å². The molecular weight excluding hydrogens is 434 g/mol. The summed E-state index contributed by atoms with van der Waals surface area (Å²) < 4.78 is 16.4. The SMILES string of the molecule is COc1ccc(C(CNC(=O)c2cccc(NC(=O)C(C)(C)C)c2)N2CCOCC2)cc1OC. The van der Waals surface area contributed by atoms with Gasteiger partial charge in [0.15, 0.2) is 11.5 Å². The molecule has 184 valence electrons. The van der Waals surface area contributed by atoms with Crippen molar-refractivity contribution in [1.29, 1.82) is 0 Å². The van der Waals surface area contributed by atoms with Crippen molar-refractivity contribution >= 4 is 17.5 Å². The van der Waals surface area contributed by atoms with E-state index in [0.717, 1.165) is 18.7 Å². The molecule has 1 unspecified atom stereocenters. The molecule has 0 radical (unpaired) electrons. The second kappa shape index (κ2) is 11.4. The van der Waals surface area contributed by atoms with Gasteiger partial charge in [-0.2, -0.15) is 0 Å². The Morgan fingerprint density at radius 3 is 2.38 bits per heavy atom. The lowest BCUT2D eigenvalue weighted by molar-refractivity contribution is -0.123. The van der Waals surface area contributed by atoms with Crippen LogP contribution >= 0.6 is 0 Å². The summed E-state index contributed by atoms with van der Waals surface area (Å²) in [5, 5.41) is 5.94. The molecule has 0 bridgehead atoms. The number of rotatable bonds is 8. The highest BCUT2D eigenvalue weighted by Crippen LogP contribution is 2.32. The molecule has 8 heteroatoms. The number of methoxy groups -OCH3 is 2. The van der Waals surface area contributed by atoms with E-state index < -0.39 is 5.41 Å². The minimum Gasteiger partial charge on any atom is -0.493 e. The Balaban J connectivity index is 1.76. The van der Waals surface area contributed by atoms with E-state index in [0.29, 0.717) is 42.5 Å². The van der Waals surface area contributed by atoms with Crippen LogP contribution in [-0.2, 0) is 9.53 Å². The summed E-state index contributed by atoms with van der Waals surface area (Å²) in [6.07, 6.45) is 0. The molecule has 34 heavy (non-hydrogen) atoms. The van der Waals surface area contributed by atoms with Crippen LogP contribution < -0.4 is 20.1 Å². The number of carbonyl (C=O) groups is 2. The van der Waals surface area contributed by atoms with Crippen molar-refractivity contribution in [3.8, 4) is 11.5 Å². The van der Waals surface area contributed by atoms with E-state index >= 15 is 0 Å². The maximum atomic E-state index is 13.0. The number of ether oxygens (including phenoxy) is 3. The molecule has 1 atom stereocenters. The molecule has 0 saturated carbocycles. The van der Waals surface area contributed by atoms with Crippen molar-refractivity contribution in [2.45, 2.75) is 26.8 Å². The molecule has 1 aliphatic heterocycles. The summed E-state index contributed by atoms with van der Waals surface area (Å²) in [7, 11) is 3.22. The van der Waals surface area contributed by atoms with Crippen LogP contribution in [0.15, 0.2) is 42.5 Å². The number of nitrogens with zero attached hydrogens (tertiary/aromatic N) is 1. The summed E-state index contributed by atoms with van der Waals surface area (Å²) in [4.78, 5) is 27.6. The summed E-state index contributed by atoms with van der Waals surface area (Å²) in [6.45, 7) is 8.77. The molecule has 1 heterocycles. The van der Waals surface area contributed by atoms with E-state index in [4.69, 9.17) is 14.2 Å². The van der Waals surface area contributed by atoms with Crippen molar-refractivity contribution in [3.63, 3.8) is 0 Å². The largest absolute Gasteiger partial charge is 0.493 e. The first kappa shape index (κ1) is 25.5. The standard InChI is InChI=1S/C26H35N3O5/c1-26(2,3)25(31)28-20-8-6-7-19(15-20)24(30)27-17-21(29-11-13-34-14-12-29)18-9-10-22(32-4)23(16-18)33-5/h6-10,15-16,21H,11-14,17H2,1-5H3,(H,27,30)(H,28,31). The number of morpholine rings is 1. The Morgan fingerprint density at radius 2 is 1.74 bits per heavy atom. The molecule has 2 N–H and O–H groups in total. The zero-order valence-electron chi connectivity index (χ0n) is 20.6. The number of amides is 2. The molecular formula is C26H35N3O5. The van der Waals surface area contributed by atoms with Gasteiger partial charge in [-0.1, -0.05) is 32.9 Å². The highest BCUT2D eigenvalue weighted by molar-refractivity contribution is 5.98. The van der Waals surface area contributed by atoms with E-state index in [9.17, 15) is 9.59 Å². The zero-order chi connectivity index (χ0) is 24.7. The van der Waals surface area contributed by atoms with Gasteiger partial charge in [-0.25, -0.2) is 0 Å². The molecule has 2 aromatic carbocycles. The summed E-state index contributed by atoms with van der Waals surface area (Å²) in [5.74, 6) is 0.994. The fourth-order valence-corrected chi connectivity index (χ4v) is 3.76. The molecule has 2 amide bonds. The van der Waals surface area contributed by atoms with Gasteiger partial charge in [-0.05, 0) is 35.9 Å². The van der Waals surface area contributed by atoms with Gasteiger partial charge in [-0.3, -0.25) is 14.5 Å². The molecule has 8 nitrogen and oxygen atoms in total. The lowest BCUT2D eigenvalue weighted by atomic mass is 9.95. The van der Waals surface area contributed by atoms with Crippen molar-refractivity contribution < 1.29 is 23.8 Å². The van der Waals surface area contributed by atoms with Gasteiger partial charge in [0.2, 0.25) is 5.91 Å². The van der Waals surface area contributed by atoms with E-state index in [1.165, 1.54) is 0 Å². The predicted molar refractivity (Wildman–Crippen MR) is 132 cm³/mol. The average Bonchev–Trinajstić information content (AvgIpc) is 2.84. The maximum Gasteiger partial charge on any atom is 0.251 e. The summed E-state index contributed by atoms with van der Waals surface area (Å²) >= 11 is 0. The topological polar surface area (TPSA) is 89.1 Å². The first-order valence-corrected chi connectivity index (χ1v) is 11.5. The van der Waals surface area contributed by atoms with Gasteiger partial charge in [0.25, 0.3) is 5.91 Å². The second-order valence-corrected chi connectivity index (χ2v) is 9.27. The Bertz CT molecular complexity index is 996. The van der Waals surface area contributed by atoms with Crippen LogP contribution in [0.1, 0.15) is 42.7 Å². The van der Waals surface area contributed by atoms with Gasteiger partial charge >= 0.3 is 0 Å². The molecule has 1 saturated heterocycles. The normalized spacial score (nSPS) is 15.3. The predicted octanol–water partition coefficient (Wildman–Crippen LogP) is 3.49. The maximum absolute atomic E-state index is 13.0. The van der Waals surface area contributed by atoms with Gasteiger partial charge in [0.05, 0.1) is 33.5 Å². The van der Waals surface area contributed by atoms with Crippen LogP contribution in [-0.4, -0.2) is 63.8 Å². The molecule has 1 aliphatic rings. The minimum absolute atomic E-state index is 0.0589. The molecule has 0 aromatic heterocycles. The second-order valence-electron chi connectivity index (χ2n) is 9.27. The lowest BCUT2D eigenvalue weighted by Crippen LogP contribution is -2.43. The summed E-state index contributed by atoms with van der Waals surface area (Å²) in [5.41, 5.74) is 1.58. The number of nitrogens with one attached hydrogen (secondary N) is 2. The number of anilines is 1. The van der Waals surface area contributed by atoms with Gasteiger partial charge in [0.1, 0.15) is 0 Å². The Hall–Kier alpha value is -3.10. The third kappa shape index (κ3) is 6.48. The fourth-order valence-electron chi connectivity index (χ4n) is 3.76. The van der Waals surface area contributed by atoms with Crippen LogP contribution in [0, 0.1) is 5.41 Å². The Labute approximate surface area is 201 Å². The van der Waals surface area contributed by atoms with E-state index in [2.05, 4.69) is 15.5 Å². The first-order valence-electron chi connectivity index (χ1n) is 11.5. The van der Waals surface area contributed by atoms with E-state index in [-0.39, 0.29) is 17.9 Å². The minimum atomic E-state index is -0.525. The van der Waals surface area contributed by atoms with Crippen LogP contribution in [0.3, 0.4) is 0 Å². The fraction of sp³-hybridized carbons (Fsp3) is 0.462. The van der Waals surface area contributed by atoms with Crippen LogP contribution in [0.5, 0.6) is 11.5 Å². The van der Waals surface area contributed by atoms with Crippen LogP contribution in [0.4, 0.5) is 5.69 Å². The molecule has 0 aliphatic carbocycles. The highest BCUT2D eigenvalue weighted by Gasteiger charge is 2.25.